The van der Waals surface area contributed by atoms with Gasteiger partial charge in [-0.3, -0.25) is 0 Å². The van der Waals surface area contributed by atoms with Crippen LogP contribution >= 0.6 is 11.5 Å². The van der Waals surface area contributed by atoms with Gasteiger partial charge in [-0.2, -0.15) is 9.36 Å². The van der Waals surface area contributed by atoms with Crippen molar-refractivity contribution in [2.75, 3.05) is 39.3 Å². The van der Waals surface area contributed by atoms with E-state index in [0.29, 0.717) is 13.2 Å². The summed E-state index contributed by atoms with van der Waals surface area (Å²) in [4.78, 5) is 6.35. The van der Waals surface area contributed by atoms with Crippen LogP contribution in [0, 0.1) is 0 Å². The Morgan fingerprint density at radius 3 is 2.47 bits per heavy atom. The van der Waals surface area contributed by atoms with Gasteiger partial charge in [0.1, 0.15) is 17.4 Å². The summed E-state index contributed by atoms with van der Waals surface area (Å²) >= 11 is 1.39. The maximum atomic E-state index is 5.51. The van der Waals surface area contributed by atoms with E-state index in [2.05, 4.69) is 9.36 Å². The molecule has 0 saturated carbocycles. The van der Waals surface area contributed by atoms with E-state index in [0.717, 1.165) is 22.3 Å². The van der Waals surface area contributed by atoms with Crippen molar-refractivity contribution in [2.45, 2.75) is 0 Å². The summed E-state index contributed by atoms with van der Waals surface area (Å²) in [6.07, 6.45) is 0. The third-order valence-electron chi connectivity index (χ3n) is 2.47. The van der Waals surface area contributed by atoms with E-state index in [4.69, 9.17) is 9.47 Å². The lowest BCUT2D eigenvalue weighted by atomic mass is 10.2. The number of nitrogens with zero attached hydrogens (tertiary/aromatic N) is 3. The van der Waals surface area contributed by atoms with Gasteiger partial charge in [0, 0.05) is 26.8 Å². The van der Waals surface area contributed by atoms with E-state index < -0.39 is 0 Å². The first-order chi connectivity index (χ1) is 9.20. The zero-order valence-electron chi connectivity index (χ0n) is 11.3. The smallest absolute Gasteiger partial charge is 0.237 e. The quantitative estimate of drug-likeness (QED) is 0.759. The predicted octanol–water partition coefficient (Wildman–Crippen LogP) is 2.30. The molecule has 0 N–H and O–H groups in total. The minimum atomic E-state index is 0.555. The summed E-state index contributed by atoms with van der Waals surface area (Å²) in [6, 6.07) is 7.84. The minimum Gasteiger partial charge on any atom is -0.491 e. The predicted molar refractivity (Wildman–Crippen MR) is 77.0 cm³/mol. The van der Waals surface area contributed by atoms with Crippen LogP contribution in [0.2, 0.25) is 0 Å². The van der Waals surface area contributed by atoms with Crippen LogP contribution < -0.4 is 9.64 Å². The molecular formula is C13H17N3O2S. The summed E-state index contributed by atoms with van der Waals surface area (Å²) < 4.78 is 14.7. The molecule has 0 bridgehead atoms. The van der Waals surface area contributed by atoms with E-state index in [-0.39, 0.29) is 0 Å². The van der Waals surface area contributed by atoms with Gasteiger partial charge in [-0.15, -0.1) is 0 Å². The first kappa shape index (κ1) is 13.8. The van der Waals surface area contributed by atoms with Crippen LogP contribution in [0.3, 0.4) is 0 Å². The van der Waals surface area contributed by atoms with Crippen LogP contribution in [-0.4, -0.2) is 43.8 Å². The highest BCUT2D eigenvalue weighted by Crippen LogP contribution is 2.25. The highest BCUT2D eigenvalue weighted by atomic mass is 32.1. The summed E-state index contributed by atoms with van der Waals surface area (Å²) in [5.41, 5.74) is 1.05. The Kier molecular flexibility index (Phi) is 4.70. The van der Waals surface area contributed by atoms with Gasteiger partial charge in [-0.25, -0.2) is 0 Å². The zero-order chi connectivity index (χ0) is 13.7. The highest BCUT2D eigenvalue weighted by molar-refractivity contribution is 7.09. The molecule has 0 unspecified atom stereocenters. The summed E-state index contributed by atoms with van der Waals surface area (Å²) in [5.74, 6) is 1.57. The molecule has 1 aromatic carbocycles. The largest absolute Gasteiger partial charge is 0.491 e. The minimum absolute atomic E-state index is 0.555. The van der Waals surface area contributed by atoms with Gasteiger partial charge < -0.3 is 14.4 Å². The van der Waals surface area contributed by atoms with Crippen LogP contribution in [0.15, 0.2) is 24.3 Å². The van der Waals surface area contributed by atoms with Crippen LogP contribution in [0.4, 0.5) is 5.95 Å². The second kappa shape index (κ2) is 6.49. The Hall–Kier alpha value is -1.66. The van der Waals surface area contributed by atoms with Crippen molar-refractivity contribution < 1.29 is 9.47 Å². The molecular weight excluding hydrogens is 262 g/mol. The van der Waals surface area contributed by atoms with Crippen LogP contribution in [0.5, 0.6) is 5.75 Å². The molecule has 0 aliphatic carbocycles. The number of methoxy groups -OCH3 is 1. The molecule has 0 fully saturated rings. The molecule has 19 heavy (non-hydrogen) atoms. The molecule has 0 radical (unpaired) electrons. The summed E-state index contributed by atoms with van der Waals surface area (Å²) in [6.45, 7) is 1.14. The van der Waals surface area contributed by atoms with Gasteiger partial charge in [0.15, 0.2) is 0 Å². The molecule has 1 aromatic heterocycles. The molecule has 0 aliphatic rings. The van der Waals surface area contributed by atoms with Crippen molar-refractivity contribution in [1.29, 1.82) is 0 Å². The van der Waals surface area contributed by atoms with Crippen molar-refractivity contribution in [3.05, 3.63) is 24.3 Å². The van der Waals surface area contributed by atoms with Crippen LogP contribution in [0.1, 0.15) is 0 Å². The maximum Gasteiger partial charge on any atom is 0.237 e. The molecule has 0 aliphatic heterocycles. The Bertz CT molecular complexity index is 511. The van der Waals surface area contributed by atoms with Gasteiger partial charge in [-0.05, 0) is 35.8 Å². The highest BCUT2D eigenvalue weighted by Gasteiger charge is 2.07. The molecule has 5 nitrogen and oxygen atoms in total. The Labute approximate surface area is 117 Å². The number of benzene rings is 1. The lowest BCUT2D eigenvalue weighted by Crippen LogP contribution is -2.09. The van der Waals surface area contributed by atoms with Crippen LogP contribution in [-0.2, 0) is 4.74 Å². The van der Waals surface area contributed by atoms with E-state index in [9.17, 15) is 0 Å². The fourth-order valence-electron chi connectivity index (χ4n) is 1.45. The molecule has 0 spiro atoms. The normalized spacial score (nSPS) is 10.5. The third-order valence-corrected chi connectivity index (χ3v) is 3.23. The summed E-state index contributed by atoms with van der Waals surface area (Å²) in [7, 11) is 5.52. The van der Waals surface area contributed by atoms with Gasteiger partial charge >= 0.3 is 0 Å². The Morgan fingerprint density at radius 1 is 1.16 bits per heavy atom. The second-order valence-electron chi connectivity index (χ2n) is 4.16. The third kappa shape index (κ3) is 3.65. The van der Waals surface area contributed by atoms with Crippen molar-refractivity contribution in [2.24, 2.45) is 0 Å². The molecule has 6 heteroatoms. The topological polar surface area (TPSA) is 47.5 Å². The molecule has 0 saturated heterocycles. The van der Waals surface area contributed by atoms with E-state index in [1.165, 1.54) is 11.5 Å². The number of anilines is 1. The Balaban J connectivity index is 2.04. The molecule has 2 aromatic rings. The first-order valence-corrected chi connectivity index (χ1v) is 6.71. The molecule has 102 valence electrons. The number of aromatic nitrogens is 2. The van der Waals surface area contributed by atoms with Gasteiger partial charge in [0.05, 0.1) is 6.61 Å². The van der Waals surface area contributed by atoms with Crippen molar-refractivity contribution in [1.82, 2.24) is 9.36 Å². The zero-order valence-corrected chi connectivity index (χ0v) is 12.1. The van der Waals surface area contributed by atoms with Gasteiger partial charge in [-0.1, -0.05) is 0 Å². The molecule has 2 rings (SSSR count). The molecule has 0 atom stereocenters. The monoisotopic (exact) mass is 279 g/mol. The number of hydrogen-bond donors (Lipinski definition) is 0. The van der Waals surface area contributed by atoms with Crippen molar-refractivity contribution in [3.63, 3.8) is 0 Å². The fourth-order valence-corrected chi connectivity index (χ4v) is 2.19. The summed E-state index contributed by atoms with van der Waals surface area (Å²) in [5, 5.41) is 0.909. The number of ether oxygens (including phenoxy) is 2. The maximum absolute atomic E-state index is 5.51. The standard InChI is InChI=1S/C13H17N3O2S/c1-16(2)13-14-12(19-15-13)10-4-6-11(7-5-10)18-9-8-17-3/h4-7H,8-9H2,1-3H3. The van der Waals surface area contributed by atoms with Gasteiger partial charge in [0.2, 0.25) is 5.95 Å². The second-order valence-corrected chi connectivity index (χ2v) is 4.91. The molecule has 1 heterocycles. The average Bonchev–Trinajstić information content (AvgIpc) is 2.90. The lowest BCUT2D eigenvalue weighted by molar-refractivity contribution is 0.146. The van der Waals surface area contributed by atoms with Crippen molar-refractivity contribution >= 4 is 17.5 Å². The van der Waals surface area contributed by atoms with E-state index in [1.54, 1.807) is 7.11 Å². The average molecular weight is 279 g/mol. The fraction of sp³-hybridized carbons (Fsp3) is 0.385. The Morgan fingerprint density at radius 2 is 1.89 bits per heavy atom. The SMILES string of the molecule is COCCOc1ccc(-c2nc(N(C)C)ns2)cc1. The van der Waals surface area contributed by atoms with E-state index in [1.807, 2.05) is 43.3 Å². The van der Waals surface area contributed by atoms with E-state index >= 15 is 0 Å². The molecule has 0 amide bonds. The number of hydrogen-bond acceptors (Lipinski definition) is 6. The number of rotatable bonds is 6. The van der Waals surface area contributed by atoms with Crippen LogP contribution in [0.25, 0.3) is 10.6 Å². The first-order valence-electron chi connectivity index (χ1n) is 5.94. The van der Waals surface area contributed by atoms with Gasteiger partial charge in [0.25, 0.3) is 0 Å². The lowest BCUT2D eigenvalue weighted by Gasteiger charge is -2.06. The van der Waals surface area contributed by atoms with Crippen molar-refractivity contribution in [3.8, 4) is 16.3 Å².